The summed E-state index contributed by atoms with van der Waals surface area (Å²) in [6, 6.07) is 6.23. The number of hydrogen-bond acceptors (Lipinski definition) is 5. The van der Waals surface area contributed by atoms with Gasteiger partial charge in [0.1, 0.15) is 18.1 Å². The summed E-state index contributed by atoms with van der Waals surface area (Å²) in [7, 11) is 0. The van der Waals surface area contributed by atoms with Crippen LogP contribution in [0.15, 0.2) is 30.3 Å². The molecule has 4 N–H and O–H groups in total. The second-order valence-electron chi connectivity index (χ2n) is 7.40. The summed E-state index contributed by atoms with van der Waals surface area (Å²) in [5.74, 6) is -1.43. The molecule has 3 amide bonds. The van der Waals surface area contributed by atoms with E-state index < -0.39 is 35.9 Å². The highest BCUT2D eigenvalue weighted by molar-refractivity contribution is 7.98. The average Bonchev–Trinajstić information content (AvgIpc) is 2.70. The standard InChI is InChI=1S/C21H31N3O5S/c1-14(2)11-17(23-19(26)16(22-13-25)9-10-30-3)20(27)24-18(21(28)29)12-15-7-5-4-6-8-15/h4-8,13-14,16-18H,9-12H2,1-3H3,(H,22,25)(H,23,26)(H,24,27)(H,28,29)/t16-,17-,18-/m0/s1/i3+1,9+1,10+1,16+1,19+1,22+1. The highest BCUT2D eigenvalue weighted by Gasteiger charge is 2.29. The molecule has 0 unspecified atom stereocenters. The first kappa shape index (κ1) is 25.5. The van der Waals surface area contributed by atoms with E-state index in [9.17, 15) is 24.3 Å². The number of hydrogen-bond donors (Lipinski definition) is 4. The number of rotatable bonds is 14. The van der Waals surface area contributed by atoms with Crippen LogP contribution in [0.4, 0.5) is 0 Å². The van der Waals surface area contributed by atoms with Crippen molar-refractivity contribution in [2.75, 3.05) is 12.0 Å². The lowest BCUT2D eigenvalue weighted by Crippen LogP contribution is -2.55. The van der Waals surface area contributed by atoms with Crippen molar-refractivity contribution in [1.29, 1.82) is 0 Å². The molecule has 1 aromatic rings. The summed E-state index contributed by atoms with van der Waals surface area (Å²) >= 11 is 1.54. The van der Waals surface area contributed by atoms with Crippen LogP contribution in [-0.4, -0.2) is 59.4 Å². The van der Waals surface area contributed by atoms with Gasteiger partial charge in [-0.25, -0.2) is 4.79 Å². The Labute approximate surface area is 181 Å². The summed E-state index contributed by atoms with van der Waals surface area (Å²) in [6.45, 7) is 3.81. The van der Waals surface area contributed by atoms with E-state index in [2.05, 4.69) is 16.0 Å². The Kier molecular flexibility index (Phi) is 11.6. The van der Waals surface area contributed by atoms with Gasteiger partial charge in [-0.3, -0.25) is 14.4 Å². The number of thioether (sulfide) groups is 1. The maximum atomic E-state index is 12.8. The number of carboxylic acids is 1. The number of carbonyl (C=O) groups is 4. The van der Waals surface area contributed by atoms with Gasteiger partial charge in [-0.1, -0.05) is 44.2 Å². The fourth-order valence-corrected chi connectivity index (χ4v) is 3.38. The third kappa shape index (κ3) is 9.30. The molecule has 0 radical (unpaired) electrons. The molecule has 0 aliphatic rings. The molecule has 30 heavy (non-hydrogen) atoms. The third-order valence-electron chi connectivity index (χ3n) is 4.43. The smallest absolute Gasteiger partial charge is 0.326 e. The number of amides is 3. The van der Waals surface area contributed by atoms with Crippen LogP contribution in [0.5, 0.6) is 0 Å². The molecule has 0 aliphatic heterocycles. The van der Waals surface area contributed by atoms with E-state index in [0.29, 0.717) is 25.0 Å². The van der Waals surface area contributed by atoms with Gasteiger partial charge < -0.3 is 21.1 Å². The van der Waals surface area contributed by atoms with Crippen LogP contribution in [-0.2, 0) is 25.6 Å². The molecule has 1 rings (SSSR count). The van der Waals surface area contributed by atoms with Gasteiger partial charge in [-0.05, 0) is 36.3 Å². The van der Waals surface area contributed by atoms with Crippen molar-refractivity contribution >= 4 is 36.0 Å². The van der Waals surface area contributed by atoms with Gasteiger partial charge in [0.15, 0.2) is 0 Å². The Bertz CT molecular complexity index is 699. The zero-order chi connectivity index (χ0) is 22.5. The summed E-state index contributed by atoms with van der Waals surface area (Å²) in [5.41, 5.74) is 0.780. The maximum absolute atomic E-state index is 12.8. The van der Waals surface area contributed by atoms with E-state index in [0.717, 1.165) is 5.56 Å². The largest absolute Gasteiger partial charge is 0.480 e. The van der Waals surface area contributed by atoms with Crippen LogP contribution in [0.25, 0.3) is 0 Å². The monoisotopic (exact) mass is 443 g/mol. The van der Waals surface area contributed by atoms with E-state index in [1.54, 1.807) is 36.0 Å². The average molecular weight is 444 g/mol. The Morgan fingerprint density at radius 2 is 1.63 bits per heavy atom. The summed E-state index contributed by atoms with van der Waals surface area (Å²) in [4.78, 5) is 47.9. The summed E-state index contributed by atoms with van der Waals surface area (Å²) in [5, 5.41) is 17.2. The zero-order valence-electron chi connectivity index (χ0n) is 17.6. The minimum Gasteiger partial charge on any atom is -0.480 e. The molecule has 0 bridgehead atoms. The molecule has 0 spiro atoms. The van der Waals surface area contributed by atoms with Gasteiger partial charge in [0.05, 0.1) is 0 Å². The second-order valence-corrected chi connectivity index (χ2v) is 8.38. The van der Waals surface area contributed by atoms with Crippen molar-refractivity contribution in [3.63, 3.8) is 0 Å². The number of carbonyl (C=O) groups excluding carboxylic acids is 3. The van der Waals surface area contributed by atoms with E-state index in [1.165, 1.54) is 0 Å². The molecular formula is C21H31N3O5S. The summed E-state index contributed by atoms with van der Waals surface area (Å²) in [6.07, 6.45) is 3.25. The Morgan fingerprint density at radius 3 is 2.17 bits per heavy atom. The van der Waals surface area contributed by atoms with Crippen LogP contribution >= 0.6 is 11.8 Å². The van der Waals surface area contributed by atoms with Crippen LogP contribution in [0.3, 0.4) is 0 Å². The highest BCUT2D eigenvalue weighted by atomic mass is 32.2. The van der Waals surface area contributed by atoms with Crippen LogP contribution < -0.4 is 16.0 Å². The topological polar surface area (TPSA) is 125 Å². The first-order valence-corrected chi connectivity index (χ1v) is 11.2. The van der Waals surface area contributed by atoms with Crippen molar-refractivity contribution < 1.29 is 24.3 Å². The van der Waals surface area contributed by atoms with Gasteiger partial charge in [0, 0.05) is 6.42 Å². The van der Waals surface area contributed by atoms with E-state index in [1.807, 2.05) is 26.2 Å². The Hall–Kier alpha value is -2.55. The quantitative estimate of drug-likeness (QED) is 0.195. The fourth-order valence-electron chi connectivity index (χ4n) is 2.91. The van der Waals surface area contributed by atoms with Crippen LogP contribution in [0.2, 0.25) is 0 Å². The lowest BCUT2D eigenvalue weighted by atomic mass is 10.0. The lowest BCUT2D eigenvalue weighted by Gasteiger charge is -2.25. The van der Waals surface area contributed by atoms with Gasteiger partial charge >= 0.3 is 5.97 Å². The predicted molar refractivity (Wildman–Crippen MR) is 117 cm³/mol. The zero-order valence-corrected chi connectivity index (χ0v) is 18.4. The van der Waals surface area contributed by atoms with E-state index in [-0.39, 0.29) is 12.3 Å². The molecule has 0 fully saturated rings. The van der Waals surface area contributed by atoms with Crippen LogP contribution in [0.1, 0.15) is 32.3 Å². The van der Waals surface area contributed by atoms with Crippen molar-refractivity contribution in [3.8, 4) is 0 Å². The molecule has 0 saturated carbocycles. The number of carboxylic acid groups (broad SMARTS) is 1. The fraction of sp³-hybridized carbons (Fsp3) is 0.524. The first-order chi connectivity index (χ1) is 14.3. The normalized spacial score (nSPS) is 13.7. The molecule has 1 aromatic carbocycles. The van der Waals surface area contributed by atoms with Crippen LogP contribution in [0, 0.1) is 5.92 Å². The van der Waals surface area contributed by atoms with Crippen molar-refractivity contribution in [1.82, 2.24) is 16.0 Å². The highest BCUT2D eigenvalue weighted by Crippen LogP contribution is 2.09. The number of aliphatic carboxylic acids is 1. The predicted octanol–water partition coefficient (Wildman–Crippen LogP) is 1.20. The van der Waals surface area contributed by atoms with Crippen molar-refractivity contribution in [3.05, 3.63) is 35.9 Å². The molecule has 0 aliphatic carbocycles. The molecule has 166 valence electrons. The van der Waals surface area contributed by atoms with E-state index >= 15 is 0 Å². The summed E-state index contributed by atoms with van der Waals surface area (Å²) < 4.78 is 0. The maximum Gasteiger partial charge on any atom is 0.326 e. The van der Waals surface area contributed by atoms with Gasteiger partial charge in [0.25, 0.3) is 0 Å². The Balaban J connectivity index is 2.88. The molecule has 8 nitrogen and oxygen atoms in total. The van der Waals surface area contributed by atoms with Gasteiger partial charge in [-0.15, -0.1) is 0 Å². The lowest BCUT2D eigenvalue weighted by molar-refractivity contribution is -0.142. The second kappa shape index (κ2) is 13.6. The van der Waals surface area contributed by atoms with Gasteiger partial charge in [-0.2, -0.15) is 11.8 Å². The van der Waals surface area contributed by atoms with Gasteiger partial charge in [0.2, 0.25) is 18.2 Å². The first-order valence-electron chi connectivity index (χ1n) is 9.84. The van der Waals surface area contributed by atoms with Crippen molar-refractivity contribution in [2.24, 2.45) is 5.92 Å². The Morgan fingerprint density at radius 1 is 1.03 bits per heavy atom. The molecule has 0 aromatic heterocycles. The SMILES string of the molecule is CC(C)C[C@H](N[13C](=O)[13C@H]([13CH2][13CH2]S[13CH3])[15NH]C=O)C(=O)N[C@@H](Cc1ccccc1)C(=O)O. The van der Waals surface area contributed by atoms with Crippen molar-refractivity contribution in [2.45, 2.75) is 51.2 Å². The third-order valence-corrected chi connectivity index (χ3v) is 5.08. The number of benzene rings is 1. The molecule has 3 atom stereocenters. The molecule has 9 heteroatoms. The number of nitrogens with one attached hydrogen (secondary N) is 3. The molecule has 0 heterocycles. The van der Waals surface area contributed by atoms with E-state index in [4.69, 9.17) is 0 Å². The molecular weight excluding hydrogens is 412 g/mol. The minimum atomic E-state index is -1.15. The molecule has 0 saturated heterocycles. The minimum absolute atomic E-state index is 0.0853.